The molecule has 1 atom stereocenters. The second-order valence-corrected chi connectivity index (χ2v) is 6.71. The number of benzene rings is 1. The number of thioether (sulfide) groups is 1. The SMILES string of the molecule is c1ccc(Cn2cc(CNCC3CCCS3)cn2)cc1. The summed E-state index contributed by atoms with van der Waals surface area (Å²) in [5.41, 5.74) is 2.56. The number of nitrogens with zero attached hydrogens (tertiary/aromatic N) is 2. The summed E-state index contributed by atoms with van der Waals surface area (Å²) in [5.74, 6) is 1.33. The fraction of sp³-hybridized carbons (Fsp3) is 0.438. The van der Waals surface area contributed by atoms with Crippen LogP contribution in [0.4, 0.5) is 0 Å². The van der Waals surface area contributed by atoms with Crippen molar-refractivity contribution in [2.45, 2.75) is 31.2 Å². The fourth-order valence-electron chi connectivity index (χ4n) is 2.54. The van der Waals surface area contributed by atoms with E-state index in [1.807, 2.05) is 16.9 Å². The van der Waals surface area contributed by atoms with Gasteiger partial charge < -0.3 is 5.32 Å². The first-order valence-electron chi connectivity index (χ1n) is 7.28. The Morgan fingerprint density at radius 2 is 2.15 bits per heavy atom. The summed E-state index contributed by atoms with van der Waals surface area (Å²) in [7, 11) is 0. The molecule has 0 aliphatic carbocycles. The molecule has 1 aromatic heterocycles. The third-order valence-corrected chi connectivity index (χ3v) is 5.00. The molecular formula is C16H21N3S. The van der Waals surface area contributed by atoms with E-state index in [2.05, 4.69) is 52.6 Å². The van der Waals surface area contributed by atoms with Crippen LogP contribution in [0.1, 0.15) is 24.0 Å². The lowest BCUT2D eigenvalue weighted by Gasteiger charge is -2.08. The van der Waals surface area contributed by atoms with Crippen molar-refractivity contribution in [2.75, 3.05) is 12.3 Å². The molecule has 0 spiro atoms. The van der Waals surface area contributed by atoms with Crippen LogP contribution in [0.5, 0.6) is 0 Å². The molecule has 3 rings (SSSR count). The maximum Gasteiger partial charge on any atom is 0.0659 e. The summed E-state index contributed by atoms with van der Waals surface area (Å²) in [6, 6.07) is 10.5. The summed E-state index contributed by atoms with van der Waals surface area (Å²) >= 11 is 2.10. The van der Waals surface area contributed by atoms with E-state index in [1.165, 1.54) is 29.7 Å². The zero-order valence-corrected chi connectivity index (χ0v) is 12.5. The van der Waals surface area contributed by atoms with Gasteiger partial charge in [0.15, 0.2) is 0 Å². The van der Waals surface area contributed by atoms with Gasteiger partial charge in [-0.05, 0) is 24.2 Å². The first kappa shape index (κ1) is 13.7. The molecule has 1 fully saturated rings. The van der Waals surface area contributed by atoms with Crippen LogP contribution in [0.3, 0.4) is 0 Å². The van der Waals surface area contributed by atoms with Crippen molar-refractivity contribution < 1.29 is 0 Å². The van der Waals surface area contributed by atoms with Crippen LogP contribution in [-0.2, 0) is 13.1 Å². The normalized spacial score (nSPS) is 18.5. The largest absolute Gasteiger partial charge is 0.311 e. The first-order valence-corrected chi connectivity index (χ1v) is 8.32. The van der Waals surface area contributed by atoms with Crippen molar-refractivity contribution in [1.29, 1.82) is 0 Å². The Morgan fingerprint density at radius 1 is 1.25 bits per heavy atom. The standard InChI is InChI=1S/C16H21N3S/c1-2-5-14(6-3-1)12-19-13-15(10-18-19)9-17-11-16-7-4-8-20-16/h1-3,5-6,10,13,16-17H,4,7-9,11-12H2. The molecule has 1 aliphatic heterocycles. The molecule has 106 valence electrons. The van der Waals surface area contributed by atoms with E-state index >= 15 is 0 Å². The summed E-state index contributed by atoms with van der Waals surface area (Å²) in [6.07, 6.45) is 6.86. The number of hydrogen-bond donors (Lipinski definition) is 1. The minimum Gasteiger partial charge on any atom is -0.311 e. The van der Waals surface area contributed by atoms with Crippen molar-refractivity contribution in [3.8, 4) is 0 Å². The maximum atomic E-state index is 4.43. The lowest BCUT2D eigenvalue weighted by atomic mass is 10.2. The van der Waals surface area contributed by atoms with Crippen LogP contribution < -0.4 is 5.32 Å². The van der Waals surface area contributed by atoms with Crippen molar-refractivity contribution >= 4 is 11.8 Å². The number of nitrogens with one attached hydrogen (secondary N) is 1. The van der Waals surface area contributed by atoms with Gasteiger partial charge in [-0.2, -0.15) is 16.9 Å². The molecule has 0 saturated carbocycles. The zero-order chi connectivity index (χ0) is 13.6. The average Bonchev–Trinajstić information content (AvgIpc) is 3.12. The minimum atomic E-state index is 0.814. The topological polar surface area (TPSA) is 29.9 Å². The second-order valence-electron chi connectivity index (χ2n) is 5.30. The Hall–Kier alpha value is -1.26. The molecule has 2 aromatic rings. The molecule has 1 saturated heterocycles. The van der Waals surface area contributed by atoms with Crippen LogP contribution in [0.15, 0.2) is 42.7 Å². The van der Waals surface area contributed by atoms with Crippen molar-refractivity contribution in [3.05, 3.63) is 53.9 Å². The lowest BCUT2D eigenvalue weighted by molar-refractivity contribution is 0.644. The van der Waals surface area contributed by atoms with Gasteiger partial charge in [0, 0.05) is 30.1 Å². The van der Waals surface area contributed by atoms with E-state index < -0.39 is 0 Å². The first-order chi connectivity index (χ1) is 9.90. The molecule has 0 bridgehead atoms. The van der Waals surface area contributed by atoms with Crippen LogP contribution in [0.25, 0.3) is 0 Å². The van der Waals surface area contributed by atoms with Crippen LogP contribution in [-0.4, -0.2) is 27.3 Å². The Balaban J connectivity index is 1.46. The molecule has 1 aromatic carbocycles. The van der Waals surface area contributed by atoms with Gasteiger partial charge in [-0.1, -0.05) is 30.3 Å². The molecule has 1 N–H and O–H groups in total. The van der Waals surface area contributed by atoms with Gasteiger partial charge in [0.25, 0.3) is 0 Å². The Morgan fingerprint density at radius 3 is 2.95 bits per heavy atom. The molecular weight excluding hydrogens is 266 g/mol. The smallest absolute Gasteiger partial charge is 0.0659 e. The van der Waals surface area contributed by atoms with E-state index in [0.717, 1.165) is 24.9 Å². The van der Waals surface area contributed by atoms with Crippen molar-refractivity contribution in [3.63, 3.8) is 0 Å². The Bertz CT molecular complexity index is 518. The van der Waals surface area contributed by atoms with E-state index in [0.29, 0.717) is 0 Å². The predicted octanol–water partition coefficient (Wildman–Crippen LogP) is 2.92. The Labute approximate surface area is 124 Å². The number of rotatable bonds is 6. The van der Waals surface area contributed by atoms with Crippen molar-refractivity contribution in [1.82, 2.24) is 15.1 Å². The highest BCUT2D eigenvalue weighted by atomic mass is 32.2. The predicted molar refractivity (Wildman–Crippen MR) is 85.0 cm³/mol. The molecule has 2 heterocycles. The molecule has 0 radical (unpaired) electrons. The maximum absolute atomic E-state index is 4.43. The molecule has 4 heteroatoms. The van der Waals surface area contributed by atoms with E-state index in [1.54, 1.807) is 0 Å². The minimum absolute atomic E-state index is 0.814. The molecule has 0 amide bonds. The van der Waals surface area contributed by atoms with Gasteiger partial charge in [-0.15, -0.1) is 0 Å². The van der Waals surface area contributed by atoms with Gasteiger partial charge in [0.2, 0.25) is 0 Å². The summed E-state index contributed by atoms with van der Waals surface area (Å²) in [4.78, 5) is 0. The van der Waals surface area contributed by atoms with E-state index in [9.17, 15) is 0 Å². The van der Waals surface area contributed by atoms with Gasteiger partial charge in [0.05, 0.1) is 12.7 Å². The highest BCUT2D eigenvalue weighted by molar-refractivity contribution is 8.00. The van der Waals surface area contributed by atoms with Gasteiger partial charge in [-0.25, -0.2) is 0 Å². The molecule has 1 unspecified atom stereocenters. The average molecular weight is 287 g/mol. The molecule has 1 aliphatic rings. The third-order valence-electron chi connectivity index (χ3n) is 3.60. The zero-order valence-electron chi connectivity index (χ0n) is 11.7. The summed E-state index contributed by atoms with van der Waals surface area (Å²) in [5, 5.41) is 8.79. The number of aromatic nitrogens is 2. The van der Waals surface area contributed by atoms with Gasteiger partial charge >= 0.3 is 0 Å². The fourth-order valence-corrected chi connectivity index (χ4v) is 3.77. The van der Waals surface area contributed by atoms with Crippen molar-refractivity contribution in [2.24, 2.45) is 0 Å². The molecule has 3 nitrogen and oxygen atoms in total. The third kappa shape index (κ3) is 3.87. The lowest BCUT2D eigenvalue weighted by Crippen LogP contribution is -2.22. The van der Waals surface area contributed by atoms with Crippen LogP contribution >= 0.6 is 11.8 Å². The van der Waals surface area contributed by atoms with Gasteiger partial charge in [-0.3, -0.25) is 4.68 Å². The Kier molecular flexibility index (Phi) is 4.77. The number of hydrogen-bond acceptors (Lipinski definition) is 3. The molecule has 20 heavy (non-hydrogen) atoms. The summed E-state index contributed by atoms with van der Waals surface area (Å²) < 4.78 is 2.01. The van der Waals surface area contributed by atoms with Crippen LogP contribution in [0.2, 0.25) is 0 Å². The van der Waals surface area contributed by atoms with Crippen LogP contribution in [0, 0.1) is 0 Å². The van der Waals surface area contributed by atoms with Gasteiger partial charge in [0.1, 0.15) is 0 Å². The highest BCUT2D eigenvalue weighted by Gasteiger charge is 2.14. The summed E-state index contributed by atoms with van der Waals surface area (Å²) in [6.45, 7) is 2.89. The highest BCUT2D eigenvalue weighted by Crippen LogP contribution is 2.25. The second kappa shape index (κ2) is 6.95. The quantitative estimate of drug-likeness (QED) is 0.886. The van der Waals surface area contributed by atoms with E-state index in [4.69, 9.17) is 0 Å². The van der Waals surface area contributed by atoms with E-state index in [-0.39, 0.29) is 0 Å². The monoisotopic (exact) mass is 287 g/mol.